The van der Waals surface area contributed by atoms with Crippen LogP contribution < -0.4 is 5.32 Å². The van der Waals surface area contributed by atoms with Gasteiger partial charge in [-0.3, -0.25) is 9.36 Å². The number of amides is 1. The number of unbranched alkanes of at least 4 members (excludes halogenated alkanes) is 3. The molecule has 0 bridgehead atoms. The molecule has 0 saturated heterocycles. The molecule has 1 amide bonds. The molecule has 2 aromatic rings. The first-order valence-corrected chi connectivity index (χ1v) is 8.89. The van der Waals surface area contributed by atoms with Gasteiger partial charge in [0.1, 0.15) is 6.33 Å². The van der Waals surface area contributed by atoms with Gasteiger partial charge in [-0.15, -0.1) is 0 Å². The molecule has 4 nitrogen and oxygen atoms in total. The fourth-order valence-corrected chi connectivity index (χ4v) is 2.98. The molecule has 142 valence electrons. The van der Waals surface area contributed by atoms with Crippen LogP contribution in [-0.2, 0) is 6.18 Å². The number of rotatable bonds is 7. The summed E-state index contributed by atoms with van der Waals surface area (Å²) < 4.78 is 41.5. The average Bonchev–Trinajstić information content (AvgIpc) is 2.99. The molecule has 1 aromatic carbocycles. The van der Waals surface area contributed by atoms with Crippen molar-refractivity contribution in [3.63, 3.8) is 0 Å². The Labute approximate surface area is 159 Å². The predicted molar refractivity (Wildman–Crippen MR) is 95.1 cm³/mol. The maximum Gasteiger partial charge on any atom is 0.434 e. The third-order valence-corrected chi connectivity index (χ3v) is 4.27. The molecule has 0 unspecified atom stereocenters. The molecule has 0 spiro atoms. The lowest BCUT2D eigenvalue weighted by atomic mass is 10.2. The first-order valence-electron chi connectivity index (χ1n) is 8.13. The largest absolute Gasteiger partial charge is 0.434 e. The van der Waals surface area contributed by atoms with Crippen molar-refractivity contribution in [2.24, 2.45) is 0 Å². The summed E-state index contributed by atoms with van der Waals surface area (Å²) in [6, 6.07) is 4.08. The van der Waals surface area contributed by atoms with Gasteiger partial charge >= 0.3 is 6.18 Å². The standard InChI is InChI=1S/C17H18Cl2F3N3O/c1-2-3-4-5-8-23-16(26)14-15(17(20,21)22)25(10-24-14)13-7-6-11(18)9-12(13)19/h6-7,9-10H,2-5,8H2,1H3,(H,23,26). The molecule has 9 heteroatoms. The number of imidazole rings is 1. The zero-order valence-electron chi connectivity index (χ0n) is 14.0. The van der Waals surface area contributed by atoms with Crippen LogP contribution in [0.2, 0.25) is 10.0 Å². The van der Waals surface area contributed by atoms with Gasteiger partial charge in [-0.05, 0) is 24.6 Å². The van der Waals surface area contributed by atoms with E-state index in [4.69, 9.17) is 23.2 Å². The predicted octanol–water partition coefficient (Wildman–Crippen LogP) is 5.51. The monoisotopic (exact) mass is 407 g/mol. The van der Waals surface area contributed by atoms with Gasteiger partial charge in [0, 0.05) is 11.6 Å². The lowest BCUT2D eigenvalue weighted by Gasteiger charge is -2.14. The number of aromatic nitrogens is 2. The summed E-state index contributed by atoms with van der Waals surface area (Å²) in [7, 11) is 0. The zero-order valence-corrected chi connectivity index (χ0v) is 15.5. The number of hydrogen-bond donors (Lipinski definition) is 1. The average molecular weight is 408 g/mol. The molecule has 0 radical (unpaired) electrons. The van der Waals surface area contributed by atoms with E-state index in [0.29, 0.717) is 13.0 Å². The highest BCUT2D eigenvalue weighted by molar-refractivity contribution is 6.35. The van der Waals surface area contributed by atoms with Crippen LogP contribution in [0.1, 0.15) is 48.8 Å². The van der Waals surface area contributed by atoms with Gasteiger partial charge in [0.25, 0.3) is 5.91 Å². The molecule has 0 aliphatic rings. The number of carbonyl (C=O) groups excluding carboxylic acids is 1. The number of nitrogens with one attached hydrogen (secondary N) is 1. The van der Waals surface area contributed by atoms with E-state index in [-0.39, 0.29) is 15.7 Å². The zero-order chi connectivity index (χ0) is 19.3. The van der Waals surface area contributed by atoms with Crippen molar-refractivity contribution in [1.82, 2.24) is 14.9 Å². The van der Waals surface area contributed by atoms with Crippen molar-refractivity contribution in [3.05, 3.63) is 46.0 Å². The molecule has 1 N–H and O–H groups in total. The number of halogens is 5. The Balaban J connectivity index is 2.31. The summed E-state index contributed by atoms with van der Waals surface area (Å²) in [6.45, 7) is 2.34. The number of nitrogens with zero attached hydrogens (tertiary/aromatic N) is 2. The summed E-state index contributed by atoms with van der Waals surface area (Å²) in [6.07, 6.45) is -0.216. The van der Waals surface area contributed by atoms with Crippen molar-refractivity contribution in [3.8, 4) is 5.69 Å². The van der Waals surface area contributed by atoms with E-state index in [2.05, 4.69) is 10.3 Å². The Morgan fingerprint density at radius 2 is 1.96 bits per heavy atom. The van der Waals surface area contributed by atoms with E-state index in [1.54, 1.807) is 0 Å². The molecule has 0 aliphatic carbocycles. The molecule has 1 aromatic heterocycles. The smallest absolute Gasteiger partial charge is 0.351 e. The number of alkyl halides is 3. The normalized spacial score (nSPS) is 11.6. The summed E-state index contributed by atoms with van der Waals surface area (Å²) in [4.78, 5) is 15.9. The Morgan fingerprint density at radius 3 is 2.58 bits per heavy atom. The SMILES string of the molecule is CCCCCCNC(=O)c1ncn(-c2ccc(Cl)cc2Cl)c1C(F)(F)F. The lowest BCUT2D eigenvalue weighted by Crippen LogP contribution is -2.28. The van der Waals surface area contributed by atoms with E-state index in [9.17, 15) is 18.0 Å². The molecular formula is C17H18Cl2F3N3O. The van der Waals surface area contributed by atoms with E-state index in [0.717, 1.165) is 30.2 Å². The Bertz CT molecular complexity index is 775. The second-order valence-corrected chi connectivity index (χ2v) is 6.57. The number of benzene rings is 1. The van der Waals surface area contributed by atoms with E-state index >= 15 is 0 Å². The third-order valence-electron chi connectivity index (χ3n) is 3.74. The van der Waals surface area contributed by atoms with Gasteiger partial charge in [-0.1, -0.05) is 49.4 Å². The molecule has 0 aliphatic heterocycles. The van der Waals surface area contributed by atoms with Crippen LogP contribution in [-0.4, -0.2) is 22.0 Å². The van der Waals surface area contributed by atoms with E-state index in [1.807, 2.05) is 6.92 Å². The molecule has 0 saturated carbocycles. The summed E-state index contributed by atoms with van der Waals surface area (Å²) in [5.74, 6) is -0.863. The molecule has 2 rings (SSSR count). The van der Waals surface area contributed by atoms with Crippen LogP contribution in [0.5, 0.6) is 0 Å². The van der Waals surface area contributed by atoms with Gasteiger partial charge in [0.05, 0.1) is 10.7 Å². The van der Waals surface area contributed by atoms with Crippen LogP contribution >= 0.6 is 23.2 Å². The summed E-state index contributed by atoms with van der Waals surface area (Å²) >= 11 is 11.8. The second-order valence-electron chi connectivity index (χ2n) is 5.72. The fourth-order valence-electron chi connectivity index (χ4n) is 2.48. The van der Waals surface area contributed by atoms with Gasteiger partial charge in [0.15, 0.2) is 11.4 Å². The van der Waals surface area contributed by atoms with Crippen LogP contribution in [0.4, 0.5) is 13.2 Å². The highest BCUT2D eigenvalue weighted by Gasteiger charge is 2.41. The lowest BCUT2D eigenvalue weighted by molar-refractivity contribution is -0.142. The quantitative estimate of drug-likeness (QED) is 0.615. The Morgan fingerprint density at radius 1 is 1.23 bits per heavy atom. The van der Waals surface area contributed by atoms with Crippen molar-refractivity contribution in [1.29, 1.82) is 0 Å². The minimum absolute atomic E-state index is 0.0203. The van der Waals surface area contributed by atoms with Crippen LogP contribution in [0.15, 0.2) is 24.5 Å². The van der Waals surface area contributed by atoms with Gasteiger partial charge in [-0.2, -0.15) is 13.2 Å². The number of hydrogen-bond acceptors (Lipinski definition) is 2. The Hall–Kier alpha value is -1.73. The fraction of sp³-hybridized carbons (Fsp3) is 0.412. The van der Waals surface area contributed by atoms with Crippen molar-refractivity contribution < 1.29 is 18.0 Å². The van der Waals surface area contributed by atoms with Crippen molar-refractivity contribution in [2.45, 2.75) is 38.8 Å². The van der Waals surface area contributed by atoms with E-state index in [1.165, 1.54) is 18.2 Å². The maximum atomic E-state index is 13.6. The highest BCUT2D eigenvalue weighted by Crippen LogP contribution is 2.35. The van der Waals surface area contributed by atoms with Gasteiger partial charge in [-0.25, -0.2) is 4.98 Å². The molecule has 1 heterocycles. The minimum Gasteiger partial charge on any atom is -0.351 e. The van der Waals surface area contributed by atoms with Crippen LogP contribution in [0.3, 0.4) is 0 Å². The highest BCUT2D eigenvalue weighted by atomic mass is 35.5. The second kappa shape index (κ2) is 8.77. The molecule has 0 atom stereocenters. The minimum atomic E-state index is -4.78. The first-order chi connectivity index (χ1) is 12.3. The topological polar surface area (TPSA) is 46.9 Å². The third kappa shape index (κ3) is 4.92. The maximum absolute atomic E-state index is 13.6. The van der Waals surface area contributed by atoms with Crippen LogP contribution in [0.25, 0.3) is 5.69 Å². The number of carbonyl (C=O) groups is 1. The van der Waals surface area contributed by atoms with Crippen LogP contribution in [0, 0.1) is 0 Å². The molecule has 26 heavy (non-hydrogen) atoms. The van der Waals surface area contributed by atoms with Crippen molar-refractivity contribution in [2.75, 3.05) is 6.54 Å². The molecular weight excluding hydrogens is 390 g/mol. The van der Waals surface area contributed by atoms with Crippen molar-refractivity contribution >= 4 is 29.1 Å². The van der Waals surface area contributed by atoms with E-state index < -0.39 is 23.5 Å². The summed E-state index contributed by atoms with van der Waals surface area (Å²) in [5, 5.41) is 2.80. The van der Waals surface area contributed by atoms with Gasteiger partial charge in [0.2, 0.25) is 0 Å². The molecule has 0 fully saturated rings. The Kier molecular flexibility index (Phi) is 6.94. The van der Waals surface area contributed by atoms with Gasteiger partial charge < -0.3 is 5.32 Å². The summed E-state index contributed by atoms with van der Waals surface area (Å²) in [5.41, 5.74) is -1.82. The first kappa shape index (κ1) is 20.6.